The largest absolute Gasteiger partial charge is 0.488 e. The zero-order valence-electron chi connectivity index (χ0n) is 19.1. The van der Waals surface area contributed by atoms with Crippen molar-refractivity contribution in [1.82, 2.24) is 24.5 Å². The van der Waals surface area contributed by atoms with E-state index in [2.05, 4.69) is 30.3 Å². The summed E-state index contributed by atoms with van der Waals surface area (Å²) in [7, 11) is 1.72. The third kappa shape index (κ3) is 5.29. The van der Waals surface area contributed by atoms with Gasteiger partial charge in [0.05, 0.1) is 29.7 Å². The number of aliphatic hydroxyl groups excluding tert-OH is 1. The molecule has 0 unspecified atom stereocenters. The fraction of sp³-hybridized carbons (Fsp3) is 0.391. The Bertz CT molecular complexity index is 1150. The van der Waals surface area contributed by atoms with E-state index in [-0.39, 0.29) is 12.1 Å². The van der Waals surface area contributed by atoms with Gasteiger partial charge in [-0.1, -0.05) is 0 Å². The van der Waals surface area contributed by atoms with Crippen molar-refractivity contribution in [3.63, 3.8) is 0 Å². The second-order valence-electron chi connectivity index (χ2n) is 8.18. The molecular formula is C23H30N8O2. The highest BCUT2D eigenvalue weighted by molar-refractivity contribution is 6.11. The summed E-state index contributed by atoms with van der Waals surface area (Å²) in [6.45, 7) is 5.80. The topological polar surface area (TPSA) is 126 Å². The number of allylic oxidation sites excluding steroid dienone is 1. The van der Waals surface area contributed by atoms with Crippen molar-refractivity contribution in [2.45, 2.75) is 32.4 Å². The number of nitrogens with one attached hydrogen (secondary N) is 1. The van der Waals surface area contributed by atoms with Crippen molar-refractivity contribution in [2.75, 3.05) is 32.1 Å². The molecule has 33 heavy (non-hydrogen) atoms. The van der Waals surface area contributed by atoms with Gasteiger partial charge in [-0.15, -0.1) is 0 Å². The van der Waals surface area contributed by atoms with Crippen molar-refractivity contribution in [2.24, 2.45) is 10.7 Å². The van der Waals surface area contributed by atoms with E-state index in [0.29, 0.717) is 36.3 Å². The standard InChI is InChI=1S/C23H30N8O2/c1-15-11-27-22(12-26-15)28-21-9-19-8-17(4-7-31(19)29-21)23(25-3)20(10-24)33-14-18-5-6-30(18)13-16(2)32/h4,7-12,16,18,32H,5-6,13-14,24H2,1-3H3,(H,27,28,29)/b20-10-,25-23?/t16-,18+/m0/s1. The molecule has 1 aliphatic heterocycles. The molecule has 0 bridgehead atoms. The molecule has 4 N–H and O–H groups in total. The van der Waals surface area contributed by atoms with E-state index in [1.165, 1.54) is 6.20 Å². The Hall–Kier alpha value is -3.50. The van der Waals surface area contributed by atoms with Crippen molar-refractivity contribution in [1.29, 1.82) is 0 Å². The number of likely N-dealkylation sites (tertiary alicyclic amines) is 1. The minimum Gasteiger partial charge on any atom is -0.488 e. The Balaban J connectivity index is 1.46. The third-order valence-corrected chi connectivity index (χ3v) is 5.58. The molecule has 2 atom stereocenters. The fourth-order valence-electron chi connectivity index (χ4n) is 3.82. The van der Waals surface area contributed by atoms with Crippen LogP contribution in [0.15, 0.2) is 53.7 Å². The summed E-state index contributed by atoms with van der Waals surface area (Å²) in [5.41, 5.74) is 9.18. The fourth-order valence-corrected chi connectivity index (χ4v) is 3.82. The number of aryl methyl sites for hydroxylation is 1. The van der Waals surface area contributed by atoms with Crippen LogP contribution >= 0.6 is 0 Å². The Morgan fingerprint density at radius 3 is 2.85 bits per heavy atom. The number of pyridine rings is 1. The molecule has 1 fully saturated rings. The van der Waals surface area contributed by atoms with E-state index in [9.17, 15) is 5.11 Å². The van der Waals surface area contributed by atoms with Gasteiger partial charge in [-0.25, -0.2) is 9.50 Å². The van der Waals surface area contributed by atoms with Crippen LogP contribution in [0.1, 0.15) is 24.6 Å². The van der Waals surface area contributed by atoms with Gasteiger partial charge in [0.25, 0.3) is 0 Å². The number of nitrogens with zero attached hydrogens (tertiary/aromatic N) is 6. The van der Waals surface area contributed by atoms with Crippen molar-refractivity contribution >= 4 is 22.9 Å². The van der Waals surface area contributed by atoms with Crippen LogP contribution in [0.4, 0.5) is 11.6 Å². The molecule has 0 saturated carbocycles. The molecule has 0 spiro atoms. The predicted octanol–water partition coefficient (Wildman–Crippen LogP) is 1.87. The molecule has 3 aromatic rings. The first-order chi connectivity index (χ1) is 16.0. The van der Waals surface area contributed by atoms with Crippen LogP contribution in [0.3, 0.4) is 0 Å². The number of hydrogen-bond acceptors (Lipinski definition) is 9. The number of aliphatic imine (C=N–C) groups is 1. The molecule has 174 valence electrons. The first-order valence-corrected chi connectivity index (χ1v) is 11.0. The van der Waals surface area contributed by atoms with Crippen LogP contribution in [0.5, 0.6) is 0 Å². The first kappa shape index (κ1) is 22.7. The van der Waals surface area contributed by atoms with Crippen molar-refractivity contribution in [3.8, 4) is 0 Å². The first-order valence-electron chi connectivity index (χ1n) is 11.0. The quantitative estimate of drug-likeness (QED) is 0.333. The summed E-state index contributed by atoms with van der Waals surface area (Å²) >= 11 is 0. The van der Waals surface area contributed by atoms with Crippen molar-refractivity contribution in [3.05, 3.63) is 60.0 Å². The maximum atomic E-state index is 9.63. The monoisotopic (exact) mass is 450 g/mol. The Morgan fingerprint density at radius 1 is 1.36 bits per heavy atom. The van der Waals surface area contributed by atoms with Gasteiger partial charge in [-0.3, -0.25) is 14.9 Å². The van der Waals surface area contributed by atoms with E-state index < -0.39 is 0 Å². The van der Waals surface area contributed by atoms with Gasteiger partial charge in [-0.2, -0.15) is 5.10 Å². The lowest BCUT2D eigenvalue weighted by Gasteiger charge is -2.41. The molecule has 4 heterocycles. The molecule has 4 rings (SSSR count). The molecule has 10 heteroatoms. The maximum Gasteiger partial charge on any atom is 0.160 e. The molecule has 3 aromatic heterocycles. The highest BCUT2D eigenvalue weighted by atomic mass is 16.5. The summed E-state index contributed by atoms with van der Waals surface area (Å²) in [6, 6.07) is 6.10. The zero-order valence-corrected chi connectivity index (χ0v) is 19.1. The van der Waals surface area contributed by atoms with Gasteiger partial charge in [0.1, 0.15) is 18.1 Å². The predicted molar refractivity (Wildman–Crippen MR) is 128 cm³/mol. The molecule has 10 nitrogen and oxygen atoms in total. The van der Waals surface area contributed by atoms with Crippen LogP contribution in [0.25, 0.3) is 5.52 Å². The normalized spacial score (nSPS) is 18.2. The van der Waals surface area contributed by atoms with Crippen LogP contribution in [-0.2, 0) is 4.74 Å². The van der Waals surface area contributed by atoms with Gasteiger partial charge in [-0.05, 0) is 32.4 Å². The molecule has 1 saturated heterocycles. The highest BCUT2D eigenvalue weighted by Crippen LogP contribution is 2.21. The van der Waals surface area contributed by atoms with E-state index in [4.69, 9.17) is 10.5 Å². The number of fused-ring (bicyclic) bond motifs is 1. The number of aliphatic hydroxyl groups is 1. The average molecular weight is 451 g/mol. The maximum absolute atomic E-state index is 9.63. The molecule has 0 aliphatic carbocycles. The zero-order chi connectivity index (χ0) is 23.4. The molecule has 0 radical (unpaired) electrons. The van der Waals surface area contributed by atoms with E-state index in [1.54, 1.807) is 30.9 Å². The number of nitrogens with two attached hydrogens (primary N) is 1. The highest BCUT2D eigenvalue weighted by Gasteiger charge is 2.29. The minimum absolute atomic E-state index is 0.267. The van der Waals surface area contributed by atoms with Gasteiger partial charge < -0.3 is 20.9 Å². The van der Waals surface area contributed by atoms with E-state index >= 15 is 0 Å². The van der Waals surface area contributed by atoms with Gasteiger partial charge >= 0.3 is 0 Å². The SMILES string of the molecule is CN=C(/C(=C/N)OC[C@H]1CCN1C[C@H](C)O)c1ccn2nc(Nc3cnc(C)cn3)cc2c1. The van der Waals surface area contributed by atoms with Gasteiger partial charge in [0.2, 0.25) is 0 Å². The second kappa shape index (κ2) is 9.97. The smallest absolute Gasteiger partial charge is 0.160 e. The lowest BCUT2D eigenvalue weighted by Crippen LogP contribution is -2.52. The number of hydrogen-bond donors (Lipinski definition) is 3. The van der Waals surface area contributed by atoms with Gasteiger partial charge in [0, 0.05) is 50.2 Å². The summed E-state index contributed by atoms with van der Waals surface area (Å²) in [5, 5.41) is 17.3. The summed E-state index contributed by atoms with van der Waals surface area (Å²) in [4.78, 5) is 15.2. The average Bonchev–Trinajstić information content (AvgIpc) is 3.19. The summed E-state index contributed by atoms with van der Waals surface area (Å²) in [5.74, 6) is 1.82. The second-order valence-corrected chi connectivity index (χ2v) is 8.18. The van der Waals surface area contributed by atoms with Crippen LogP contribution in [-0.4, -0.2) is 74.2 Å². The van der Waals surface area contributed by atoms with Crippen LogP contribution in [0.2, 0.25) is 0 Å². The molecular weight excluding hydrogens is 420 g/mol. The van der Waals surface area contributed by atoms with Crippen LogP contribution in [0, 0.1) is 6.92 Å². The van der Waals surface area contributed by atoms with Crippen LogP contribution < -0.4 is 11.1 Å². The number of anilines is 2. The lowest BCUT2D eigenvalue weighted by molar-refractivity contribution is 0.00267. The Kier molecular flexibility index (Phi) is 6.85. The molecule has 1 aliphatic rings. The number of rotatable bonds is 9. The minimum atomic E-state index is -0.357. The van der Waals surface area contributed by atoms with E-state index in [1.807, 2.05) is 31.3 Å². The summed E-state index contributed by atoms with van der Waals surface area (Å²) < 4.78 is 7.83. The number of ether oxygens (including phenoxy) is 1. The lowest BCUT2D eigenvalue weighted by atomic mass is 10.0. The number of β-amino-alcohol motifs (C(OH)–C–C–N with tert-alkyl or cyclic N) is 1. The Labute approximate surface area is 192 Å². The molecule has 0 amide bonds. The molecule has 0 aromatic carbocycles. The summed E-state index contributed by atoms with van der Waals surface area (Å²) in [6.07, 6.45) is 7.37. The third-order valence-electron chi connectivity index (χ3n) is 5.58. The number of aromatic nitrogens is 4. The van der Waals surface area contributed by atoms with Gasteiger partial charge in [0.15, 0.2) is 11.6 Å². The van der Waals surface area contributed by atoms with Crippen molar-refractivity contribution < 1.29 is 9.84 Å². The van der Waals surface area contributed by atoms with E-state index in [0.717, 1.165) is 29.7 Å². The Morgan fingerprint density at radius 2 is 2.21 bits per heavy atom.